The summed E-state index contributed by atoms with van der Waals surface area (Å²) >= 11 is 0. The summed E-state index contributed by atoms with van der Waals surface area (Å²) in [5, 5.41) is 12.5. The van der Waals surface area contributed by atoms with Crippen molar-refractivity contribution >= 4 is 11.7 Å². The normalized spacial score (nSPS) is 24.3. The van der Waals surface area contributed by atoms with Crippen LogP contribution in [0.5, 0.6) is 0 Å². The highest BCUT2D eigenvalue weighted by Crippen LogP contribution is 2.26. The average molecular weight is 248 g/mol. The smallest absolute Gasteiger partial charge is 0.339 e. The number of carboxylic acid groups (broad SMARTS) is 1. The third-order valence-electron chi connectivity index (χ3n) is 3.67. The molecule has 2 N–H and O–H groups in total. The van der Waals surface area contributed by atoms with E-state index >= 15 is 0 Å². The molecule has 0 saturated heterocycles. The van der Waals surface area contributed by atoms with Crippen LogP contribution in [0.4, 0.5) is 5.69 Å². The molecule has 1 aromatic heterocycles. The van der Waals surface area contributed by atoms with Crippen LogP contribution in [0.25, 0.3) is 0 Å². The van der Waals surface area contributed by atoms with Crippen LogP contribution in [0, 0.1) is 5.92 Å². The summed E-state index contributed by atoms with van der Waals surface area (Å²) in [6.07, 6.45) is 8.98. The molecular formula is C14H20N2O2. The van der Waals surface area contributed by atoms with Gasteiger partial charge in [0.2, 0.25) is 0 Å². The minimum atomic E-state index is -0.924. The minimum Gasteiger partial charge on any atom is -0.478 e. The zero-order valence-corrected chi connectivity index (χ0v) is 10.7. The summed E-state index contributed by atoms with van der Waals surface area (Å²) in [5.41, 5.74) is 0.951. The van der Waals surface area contributed by atoms with Crippen LogP contribution in [0.1, 0.15) is 49.4 Å². The molecule has 0 bridgehead atoms. The lowest BCUT2D eigenvalue weighted by molar-refractivity contribution is 0.0697. The van der Waals surface area contributed by atoms with Crippen LogP contribution < -0.4 is 5.32 Å². The van der Waals surface area contributed by atoms with Gasteiger partial charge in [-0.2, -0.15) is 0 Å². The van der Waals surface area contributed by atoms with Gasteiger partial charge >= 0.3 is 5.97 Å². The predicted molar refractivity (Wildman–Crippen MR) is 70.9 cm³/mol. The SMILES string of the molecule is CC1CCCC(Nc2ccncc2C(=O)O)CC1. The Balaban J connectivity index is 2.06. The number of aromatic carboxylic acids is 1. The fourth-order valence-electron chi connectivity index (χ4n) is 2.54. The summed E-state index contributed by atoms with van der Waals surface area (Å²) in [6, 6.07) is 2.13. The van der Waals surface area contributed by atoms with E-state index in [9.17, 15) is 4.79 Å². The van der Waals surface area contributed by atoms with Gasteiger partial charge < -0.3 is 10.4 Å². The Morgan fingerprint density at radius 3 is 3.00 bits per heavy atom. The molecule has 1 aliphatic carbocycles. The summed E-state index contributed by atoms with van der Waals surface area (Å²) < 4.78 is 0. The van der Waals surface area contributed by atoms with Crippen molar-refractivity contribution in [3.05, 3.63) is 24.0 Å². The quantitative estimate of drug-likeness (QED) is 0.806. The Morgan fingerprint density at radius 2 is 2.22 bits per heavy atom. The zero-order chi connectivity index (χ0) is 13.0. The number of aromatic nitrogens is 1. The highest BCUT2D eigenvalue weighted by Gasteiger charge is 2.18. The molecule has 2 rings (SSSR count). The summed E-state index contributed by atoms with van der Waals surface area (Å²) in [6.45, 7) is 2.29. The number of hydrogen-bond acceptors (Lipinski definition) is 3. The maximum atomic E-state index is 11.1. The van der Waals surface area contributed by atoms with Crippen molar-refractivity contribution in [3.8, 4) is 0 Å². The molecule has 2 atom stereocenters. The fourth-order valence-corrected chi connectivity index (χ4v) is 2.54. The van der Waals surface area contributed by atoms with Gasteiger partial charge in [-0.15, -0.1) is 0 Å². The van der Waals surface area contributed by atoms with Gasteiger partial charge in [0, 0.05) is 18.4 Å². The molecule has 2 unspecified atom stereocenters. The first-order chi connectivity index (χ1) is 8.66. The van der Waals surface area contributed by atoms with Gasteiger partial charge in [-0.1, -0.05) is 19.8 Å². The monoisotopic (exact) mass is 248 g/mol. The maximum absolute atomic E-state index is 11.1. The van der Waals surface area contributed by atoms with Gasteiger partial charge in [0.05, 0.1) is 5.69 Å². The maximum Gasteiger partial charge on any atom is 0.339 e. The Bertz CT molecular complexity index is 420. The number of pyridine rings is 1. The number of anilines is 1. The molecule has 1 fully saturated rings. The third kappa shape index (κ3) is 3.22. The molecule has 1 aliphatic rings. The number of nitrogens with zero attached hydrogens (tertiary/aromatic N) is 1. The first-order valence-electron chi connectivity index (χ1n) is 6.60. The molecule has 4 heteroatoms. The second kappa shape index (κ2) is 5.85. The lowest BCUT2D eigenvalue weighted by Crippen LogP contribution is -2.20. The molecule has 4 nitrogen and oxygen atoms in total. The van der Waals surface area contributed by atoms with E-state index in [1.54, 1.807) is 12.3 Å². The van der Waals surface area contributed by atoms with Crippen LogP contribution in [0.2, 0.25) is 0 Å². The molecule has 0 aliphatic heterocycles. The number of hydrogen-bond donors (Lipinski definition) is 2. The summed E-state index contributed by atoms with van der Waals surface area (Å²) in [7, 11) is 0. The second-order valence-electron chi connectivity index (χ2n) is 5.18. The number of carboxylic acids is 1. The Kier molecular flexibility index (Phi) is 4.18. The minimum absolute atomic E-state index is 0.259. The first kappa shape index (κ1) is 12.9. The Hall–Kier alpha value is -1.58. The topological polar surface area (TPSA) is 62.2 Å². The van der Waals surface area contributed by atoms with Crippen molar-refractivity contribution < 1.29 is 9.90 Å². The van der Waals surface area contributed by atoms with Crippen molar-refractivity contribution in [2.24, 2.45) is 5.92 Å². The first-order valence-corrected chi connectivity index (χ1v) is 6.60. The van der Waals surface area contributed by atoms with E-state index in [-0.39, 0.29) is 5.56 Å². The van der Waals surface area contributed by atoms with Gasteiger partial charge in [0.25, 0.3) is 0 Å². The van der Waals surface area contributed by atoms with Crippen molar-refractivity contribution in [1.82, 2.24) is 4.98 Å². The second-order valence-corrected chi connectivity index (χ2v) is 5.18. The van der Waals surface area contributed by atoms with E-state index < -0.39 is 5.97 Å². The van der Waals surface area contributed by atoms with Crippen LogP contribution in [0.15, 0.2) is 18.5 Å². The van der Waals surface area contributed by atoms with Gasteiger partial charge in [-0.3, -0.25) is 4.98 Å². The lowest BCUT2D eigenvalue weighted by Gasteiger charge is -2.18. The molecule has 1 saturated carbocycles. The van der Waals surface area contributed by atoms with E-state index in [0.717, 1.165) is 18.8 Å². The predicted octanol–water partition coefficient (Wildman–Crippen LogP) is 3.16. The third-order valence-corrected chi connectivity index (χ3v) is 3.67. The molecule has 1 heterocycles. The van der Waals surface area contributed by atoms with E-state index in [1.807, 2.05) is 0 Å². The molecule has 0 radical (unpaired) electrons. The molecule has 0 spiro atoms. The fraction of sp³-hybridized carbons (Fsp3) is 0.571. The van der Waals surface area contributed by atoms with Crippen LogP contribution in [0.3, 0.4) is 0 Å². The van der Waals surface area contributed by atoms with Crippen molar-refractivity contribution in [3.63, 3.8) is 0 Å². The highest BCUT2D eigenvalue weighted by atomic mass is 16.4. The van der Waals surface area contributed by atoms with Gasteiger partial charge in [-0.05, 0) is 31.2 Å². The van der Waals surface area contributed by atoms with Gasteiger partial charge in [-0.25, -0.2) is 4.79 Å². The van der Waals surface area contributed by atoms with Crippen molar-refractivity contribution in [2.75, 3.05) is 5.32 Å². The van der Waals surface area contributed by atoms with Gasteiger partial charge in [0.1, 0.15) is 5.56 Å². The standard InChI is InChI=1S/C14H20N2O2/c1-10-3-2-4-11(6-5-10)16-13-7-8-15-9-12(13)14(17)18/h7-11H,2-6H2,1H3,(H,15,16)(H,17,18). The molecular weight excluding hydrogens is 228 g/mol. The van der Waals surface area contributed by atoms with E-state index in [2.05, 4.69) is 17.2 Å². The average Bonchev–Trinajstić information content (AvgIpc) is 2.55. The lowest BCUT2D eigenvalue weighted by atomic mass is 10.0. The Labute approximate surface area is 107 Å². The molecule has 18 heavy (non-hydrogen) atoms. The number of rotatable bonds is 3. The summed E-state index contributed by atoms with van der Waals surface area (Å²) in [5.74, 6) is -0.138. The molecule has 0 amide bonds. The summed E-state index contributed by atoms with van der Waals surface area (Å²) in [4.78, 5) is 15.0. The highest BCUT2D eigenvalue weighted by molar-refractivity contribution is 5.93. The number of carbonyl (C=O) groups is 1. The largest absolute Gasteiger partial charge is 0.478 e. The Morgan fingerprint density at radius 1 is 1.39 bits per heavy atom. The van der Waals surface area contributed by atoms with E-state index in [1.165, 1.54) is 25.5 Å². The van der Waals surface area contributed by atoms with Crippen LogP contribution in [-0.4, -0.2) is 22.1 Å². The number of nitrogens with one attached hydrogen (secondary N) is 1. The van der Waals surface area contributed by atoms with Crippen molar-refractivity contribution in [1.29, 1.82) is 0 Å². The molecule has 98 valence electrons. The molecule has 1 aromatic rings. The van der Waals surface area contributed by atoms with Crippen LogP contribution in [-0.2, 0) is 0 Å². The van der Waals surface area contributed by atoms with E-state index in [0.29, 0.717) is 11.7 Å². The molecule has 0 aromatic carbocycles. The van der Waals surface area contributed by atoms with Crippen molar-refractivity contribution in [2.45, 2.75) is 45.1 Å². The van der Waals surface area contributed by atoms with Gasteiger partial charge in [0.15, 0.2) is 0 Å². The van der Waals surface area contributed by atoms with E-state index in [4.69, 9.17) is 5.11 Å². The zero-order valence-electron chi connectivity index (χ0n) is 10.7. The van der Waals surface area contributed by atoms with Crippen LogP contribution >= 0.6 is 0 Å².